The van der Waals surface area contributed by atoms with Crippen molar-refractivity contribution >= 4 is 41.4 Å². The number of rotatable bonds is 18. The number of hydrogen-bond acceptors (Lipinski definition) is 8. The van der Waals surface area contributed by atoms with Gasteiger partial charge < -0.3 is 38.3 Å². The van der Waals surface area contributed by atoms with Crippen molar-refractivity contribution in [2.75, 3.05) is 18.6 Å². The summed E-state index contributed by atoms with van der Waals surface area (Å²) < 4.78 is 0. The summed E-state index contributed by atoms with van der Waals surface area (Å²) in [7, 11) is 0. The number of thioether (sulfide) groups is 1. The van der Waals surface area contributed by atoms with Crippen LogP contribution in [0.15, 0.2) is 0 Å². The van der Waals surface area contributed by atoms with Crippen molar-refractivity contribution in [3.63, 3.8) is 0 Å². The molecule has 0 bridgehead atoms. The van der Waals surface area contributed by atoms with Crippen LogP contribution in [0.3, 0.4) is 0 Å². The van der Waals surface area contributed by atoms with Crippen molar-refractivity contribution < 1.29 is 29.1 Å². The summed E-state index contributed by atoms with van der Waals surface area (Å²) >= 11 is 1.44. The summed E-state index contributed by atoms with van der Waals surface area (Å²) in [6.45, 7) is 3.99. The van der Waals surface area contributed by atoms with Crippen molar-refractivity contribution in [3.05, 3.63) is 0 Å². The second-order valence-corrected chi connectivity index (χ2v) is 9.16. The lowest BCUT2D eigenvalue weighted by molar-refractivity contribution is -0.142. The van der Waals surface area contributed by atoms with Crippen LogP contribution >= 0.6 is 11.8 Å². The van der Waals surface area contributed by atoms with E-state index in [0.29, 0.717) is 38.0 Å². The number of aliphatic carboxylic acids is 1. The highest BCUT2D eigenvalue weighted by Gasteiger charge is 2.33. The van der Waals surface area contributed by atoms with E-state index in [0.717, 1.165) is 0 Å². The first-order chi connectivity index (χ1) is 16.0. The van der Waals surface area contributed by atoms with E-state index in [-0.39, 0.29) is 12.3 Å². The molecule has 0 aromatic carbocycles. The molecule has 5 unspecified atom stereocenters. The molecule has 5 atom stereocenters. The van der Waals surface area contributed by atoms with Gasteiger partial charge in [-0.3, -0.25) is 19.2 Å². The highest BCUT2D eigenvalue weighted by molar-refractivity contribution is 7.98. The Morgan fingerprint density at radius 2 is 1.56 bits per heavy atom. The van der Waals surface area contributed by atoms with Gasteiger partial charge in [0.15, 0.2) is 0 Å². The molecule has 0 aliphatic carbocycles. The van der Waals surface area contributed by atoms with Gasteiger partial charge in [0, 0.05) is 0 Å². The number of unbranched alkanes of at least 4 members (excludes halogenated alkanes) is 1. The average Bonchev–Trinajstić information content (AvgIpc) is 2.78. The Morgan fingerprint density at radius 1 is 0.941 bits per heavy atom. The zero-order chi connectivity index (χ0) is 26.3. The number of amides is 4. The topological polar surface area (TPSA) is 220 Å². The van der Waals surface area contributed by atoms with Crippen LogP contribution in [0.25, 0.3) is 0 Å². The standard InChI is InChI=1S/C21H40N6O6S/c1-4-12(2)17(20(31)25-14(21(32)33)8-10-34-3)27-19(30)15(11-16(24)28)26-18(29)13(23)7-5-6-9-22/h12-15,17H,4-11,22-23H2,1-3H3,(H2,24,28)(H,25,31)(H,26,29)(H,27,30)(H,32,33). The molecule has 0 aromatic rings. The van der Waals surface area contributed by atoms with Gasteiger partial charge >= 0.3 is 5.97 Å². The van der Waals surface area contributed by atoms with E-state index in [1.165, 1.54) is 11.8 Å². The minimum atomic E-state index is -1.34. The fourth-order valence-electron chi connectivity index (χ4n) is 3.04. The van der Waals surface area contributed by atoms with E-state index in [9.17, 15) is 29.1 Å². The lowest BCUT2D eigenvalue weighted by atomic mass is 9.97. The third kappa shape index (κ3) is 12.2. The second-order valence-electron chi connectivity index (χ2n) is 8.18. The predicted octanol–water partition coefficient (Wildman–Crippen LogP) is -1.34. The summed E-state index contributed by atoms with van der Waals surface area (Å²) in [5.41, 5.74) is 16.5. The zero-order valence-corrected chi connectivity index (χ0v) is 21.0. The third-order valence-electron chi connectivity index (χ3n) is 5.36. The van der Waals surface area contributed by atoms with Crippen LogP contribution in [-0.2, 0) is 24.0 Å². The molecule has 0 aromatic heterocycles. The minimum absolute atomic E-state index is 0.214. The smallest absolute Gasteiger partial charge is 0.326 e. The molecule has 0 saturated carbocycles. The van der Waals surface area contributed by atoms with Crippen LogP contribution in [-0.4, -0.2) is 77.4 Å². The largest absolute Gasteiger partial charge is 0.480 e. The maximum atomic E-state index is 12.9. The van der Waals surface area contributed by atoms with E-state index in [1.54, 1.807) is 6.92 Å². The molecule has 0 fully saturated rings. The van der Waals surface area contributed by atoms with Crippen LogP contribution in [0.4, 0.5) is 0 Å². The van der Waals surface area contributed by atoms with Crippen molar-refractivity contribution in [3.8, 4) is 0 Å². The van der Waals surface area contributed by atoms with Gasteiger partial charge in [0.2, 0.25) is 23.6 Å². The Morgan fingerprint density at radius 3 is 2.06 bits per heavy atom. The van der Waals surface area contributed by atoms with Gasteiger partial charge in [-0.2, -0.15) is 11.8 Å². The molecule has 0 saturated heterocycles. The van der Waals surface area contributed by atoms with Crippen LogP contribution in [0.5, 0.6) is 0 Å². The Balaban J connectivity index is 5.45. The Kier molecular flexibility index (Phi) is 15.9. The molecular weight excluding hydrogens is 464 g/mol. The summed E-state index contributed by atoms with van der Waals surface area (Å²) in [6, 6.07) is -4.44. The monoisotopic (exact) mass is 504 g/mol. The fraction of sp³-hybridized carbons (Fsp3) is 0.762. The average molecular weight is 505 g/mol. The first kappa shape index (κ1) is 31.6. The van der Waals surface area contributed by atoms with Crippen molar-refractivity contribution in [2.45, 2.75) is 76.5 Å². The van der Waals surface area contributed by atoms with Gasteiger partial charge in [-0.15, -0.1) is 0 Å². The molecule has 0 rings (SSSR count). The molecule has 34 heavy (non-hydrogen) atoms. The van der Waals surface area contributed by atoms with E-state index >= 15 is 0 Å². The quantitative estimate of drug-likeness (QED) is 0.110. The second kappa shape index (κ2) is 17.1. The minimum Gasteiger partial charge on any atom is -0.480 e. The number of nitrogens with one attached hydrogen (secondary N) is 3. The molecule has 4 amide bonds. The first-order valence-corrected chi connectivity index (χ1v) is 12.7. The summed E-state index contributed by atoms with van der Waals surface area (Å²) in [6.07, 6.45) is 3.69. The zero-order valence-electron chi connectivity index (χ0n) is 20.2. The van der Waals surface area contributed by atoms with Crippen molar-refractivity contribution in [1.82, 2.24) is 16.0 Å². The van der Waals surface area contributed by atoms with E-state index in [1.807, 2.05) is 13.2 Å². The number of carbonyl (C=O) groups is 5. The molecule has 12 nitrogen and oxygen atoms in total. The van der Waals surface area contributed by atoms with Gasteiger partial charge in [0.05, 0.1) is 12.5 Å². The molecule has 0 heterocycles. The Bertz CT molecular complexity index is 695. The number of carboxylic acids is 1. The number of hydrogen-bond donors (Lipinski definition) is 7. The van der Waals surface area contributed by atoms with Crippen LogP contribution in [0.2, 0.25) is 0 Å². The molecule has 0 aliphatic heterocycles. The summed E-state index contributed by atoms with van der Waals surface area (Å²) in [4.78, 5) is 61.2. The van der Waals surface area contributed by atoms with Crippen LogP contribution in [0, 0.1) is 5.92 Å². The normalized spacial score (nSPS) is 15.3. The Hall–Kier alpha value is -2.38. The maximum absolute atomic E-state index is 12.9. The van der Waals surface area contributed by atoms with Crippen LogP contribution in [0.1, 0.15) is 52.4 Å². The third-order valence-corrected chi connectivity index (χ3v) is 6.01. The van der Waals surface area contributed by atoms with Crippen molar-refractivity contribution in [1.29, 1.82) is 0 Å². The van der Waals surface area contributed by atoms with E-state index < -0.39 is 60.2 Å². The highest BCUT2D eigenvalue weighted by Crippen LogP contribution is 2.11. The number of carboxylic acid groups (broad SMARTS) is 1. The van der Waals surface area contributed by atoms with E-state index in [4.69, 9.17) is 17.2 Å². The molecule has 196 valence electrons. The predicted molar refractivity (Wildman–Crippen MR) is 131 cm³/mol. The maximum Gasteiger partial charge on any atom is 0.326 e. The van der Waals surface area contributed by atoms with Gasteiger partial charge in [-0.1, -0.05) is 26.7 Å². The van der Waals surface area contributed by atoms with Gasteiger partial charge in [0.1, 0.15) is 18.1 Å². The highest BCUT2D eigenvalue weighted by atomic mass is 32.2. The Labute approximate surface area is 204 Å². The molecule has 0 spiro atoms. The molecular formula is C21H40N6O6S. The summed E-state index contributed by atoms with van der Waals surface area (Å²) in [5.74, 6) is -3.94. The van der Waals surface area contributed by atoms with E-state index in [2.05, 4.69) is 16.0 Å². The number of carbonyl (C=O) groups excluding carboxylic acids is 4. The first-order valence-electron chi connectivity index (χ1n) is 11.3. The molecule has 0 radical (unpaired) electrons. The molecule has 0 aliphatic rings. The van der Waals surface area contributed by atoms with Crippen molar-refractivity contribution in [2.24, 2.45) is 23.1 Å². The molecule has 13 heteroatoms. The van der Waals surface area contributed by atoms with Gasteiger partial charge in [0.25, 0.3) is 0 Å². The lowest BCUT2D eigenvalue weighted by Crippen LogP contribution is -2.59. The van der Waals surface area contributed by atoms with Gasteiger partial charge in [-0.25, -0.2) is 4.79 Å². The number of primary amides is 1. The molecule has 10 N–H and O–H groups in total. The summed E-state index contributed by atoms with van der Waals surface area (Å²) in [5, 5.41) is 16.8. The fourth-order valence-corrected chi connectivity index (χ4v) is 3.51. The van der Waals surface area contributed by atoms with Gasteiger partial charge in [-0.05, 0) is 43.7 Å². The van der Waals surface area contributed by atoms with Crippen LogP contribution < -0.4 is 33.2 Å². The SMILES string of the molecule is CCC(C)C(NC(=O)C(CC(N)=O)NC(=O)C(N)CCCCN)C(=O)NC(CCSC)C(=O)O. The number of nitrogens with two attached hydrogens (primary N) is 3. The lowest BCUT2D eigenvalue weighted by Gasteiger charge is -2.27.